The molecule has 0 radical (unpaired) electrons. The second-order valence-electron chi connectivity index (χ2n) is 3.86. The number of aliphatic hydroxyl groups is 2. The van der Waals surface area contributed by atoms with Gasteiger partial charge in [0.1, 0.15) is 0 Å². The van der Waals surface area contributed by atoms with E-state index in [2.05, 4.69) is 0 Å². The van der Waals surface area contributed by atoms with Gasteiger partial charge in [-0.15, -0.1) is 0 Å². The monoisotopic (exact) mass is 160 g/mol. The molecule has 0 heterocycles. The summed E-state index contributed by atoms with van der Waals surface area (Å²) in [4.78, 5) is 0. The van der Waals surface area contributed by atoms with Gasteiger partial charge < -0.3 is 10.2 Å². The fourth-order valence-electron chi connectivity index (χ4n) is 0.936. The van der Waals surface area contributed by atoms with Crippen LogP contribution in [-0.2, 0) is 0 Å². The Morgan fingerprint density at radius 2 is 1.82 bits per heavy atom. The van der Waals surface area contributed by atoms with E-state index in [4.69, 9.17) is 0 Å². The second-order valence-corrected chi connectivity index (χ2v) is 3.86. The maximum atomic E-state index is 9.59. The molecule has 0 rings (SSSR count). The summed E-state index contributed by atoms with van der Waals surface area (Å²) < 4.78 is 0. The van der Waals surface area contributed by atoms with Crippen molar-refractivity contribution in [2.75, 3.05) is 0 Å². The number of hydrogen-bond acceptors (Lipinski definition) is 2. The van der Waals surface area contributed by atoms with Gasteiger partial charge in [0, 0.05) is 0 Å². The van der Waals surface area contributed by atoms with Gasteiger partial charge in [-0.1, -0.05) is 20.8 Å². The first kappa shape index (κ1) is 10.9. The molecule has 11 heavy (non-hydrogen) atoms. The summed E-state index contributed by atoms with van der Waals surface area (Å²) in [5, 5.41) is 19.1. The maximum absolute atomic E-state index is 9.59. The molecule has 0 aliphatic heterocycles. The molecule has 0 bridgehead atoms. The maximum Gasteiger partial charge on any atom is 0.0875 e. The van der Waals surface area contributed by atoms with Crippen molar-refractivity contribution in [2.45, 2.75) is 52.2 Å². The van der Waals surface area contributed by atoms with Crippen LogP contribution in [-0.4, -0.2) is 21.9 Å². The van der Waals surface area contributed by atoms with Gasteiger partial charge in [0.25, 0.3) is 0 Å². The Balaban J connectivity index is 3.90. The minimum absolute atomic E-state index is 0.433. The fraction of sp³-hybridized carbons (Fsp3) is 1.00. The van der Waals surface area contributed by atoms with E-state index in [0.717, 1.165) is 0 Å². The van der Waals surface area contributed by atoms with Crippen LogP contribution in [0.4, 0.5) is 0 Å². The summed E-state index contributed by atoms with van der Waals surface area (Å²) in [6.45, 7) is 7.63. The molecule has 0 aromatic heterocycles. The van der Waals surface area contributed by atoms with Gasteiger partial charge >= 0.3 is 0 Å². The van der Waals surface area contributed by atoms with Crippen molar-refractivity contribution in [1.29, 1.82) is 0 Å². The smallest absolute Gasteiger partial charge is 0.0875 e. The molecule has 2 atom stereocenters. The molecule has 0 amide bonds. The Hall–Kier alpha value is -0.0800. The normalized spacial score (nSPS) is 19.9. The van der Waals surface area contributed by atoms with E-state index in [1.165, 1.54) is 0 Å². The van der Waals surface area contributed by atoms with Gasteiger partial charge in [-0.2, -0.15) is 0 Å². The lowest BCUT2D eigenvalue weighted by molar-refractivity contribution is -0.0716. The van der Waals surface area contributed by atoms with Crippen LogP contribution < -0.4 is 0 Å². The molecular weight excluding hydrogens is 140 g/mol. The van der Waals surface area contributed by atoms with E-state index in [-0.39, 0.29) is 0 Å². The minimum Gasteiger partial charge on any atom is -0.390 e. The molecule has 2 N–H and O–H groups in total. The molecule has 0 saturated heterocycles. The second kappa shape index (κ2) is 4.07. The third kappa shape index (κ3) is 3.73. The van der Waals surface area contributed by atoms with E-state index in [1.807, 2.05) is 20.8 Å². The van der Waals surface area contributed by atoms with Gasteiger partial charge in [0.2, 0.25) is 0 Å². The largest absolute Gasteiger partial charge is 0.390 e. The lowest BCUT2D eigenvalue weighted by Gasteiger charge is -2.28. The minimum atomic E-state index is -0.912. The first-order chi connectivity index (χ1) is 4.90. The topological polar surface area (TPSA) is 40.5 Å². The Kier molecular flexibility index (Phi) is 4.04. The summed E-state index contributed by atoms with van der Waals surface area (Å²) in [7, 11) is 0. The van der Waals surface area contributed by atoms with Crippen molar-refractivity contribution >= 4 is 0 Å². The molecule has 0 aliphatic rings. The van der Waals surface area contributed by atoms with Gasteiger partial charge in [-0.25, -0.2) is 0 Å². The van der Waals surface area contributed by atoms with Crippen LogP contribution in [0, 0.1) is 5.92 Å². The zero-order chi connectivity index (χ0) is 9.07. The lowest BCUT2D eigenvalue weighted by atomic mass is 9.90. The van der Waals surface area contributed by atoms with Crippen LogP contribution in [0.2, 0.25) is 0 Å². The van der Waals surface area contributed by atoms with Crippen molar-refractivity contribution in [2.24, 2.45) is 5.92 Å². The predicted octanol–water partition coefficient (Wildman–Crippen LogP) is 1.55. The highest BCUT2D eigenvalue weighted by Gasteiger charge is 2.28. The predicted molar refractivity (Wildman–Crippen MR) is 46.4 cm³/mol. The van der Waals surface area contributed by atoms with Gasteiger partial charge in [0.05, 0.1) is 11.7 Å². The van der Waals surface area contributed by atoms with E-state index in [0.29, 0.717) is 18.8 Å². The van der Waals surface area contributed by atoms with E-state index in [9.17, 15) is 10.2 Å². The zero-order valence-electron chi connectivity index (χ0n) is 7.96. The third-order valence-electron chi connectivity index (χ3n) is 2.13. The molecule has 0 spiro atoms. The van der Waals surface area contributed by atoms with Crippen molar-refractivity contribution in [3.05, 3.63) is 0 Å². The molecule has 0 aromatic carbocycles. The van der Waals surface area contributed by atoms with Crippen LogP contribution in [0.3, 0.4) is 0 Å². The number of rotatable bonds is 4. The Bertz CT molecular complexity index is 108. The van der Waals surface area contributed by atoms with Crippen molar-refractivity contribution in [3.8, 4) is 0 Å². The first-order valence-electron chi connectivity index (χ1n) is 4.30. The highest BCUT2D eigenvalue weighted by molar-refractivity contribution is 4.80. The Morgan fingerprint density at radius 1 is 1.36 bits per heavy atom. The quantitative estimate of drug-likeness (QED) is 0.655. The van der Waals surface area contributed by atoms with Crippen LogP contribution in [0.5, 0.6) is 0 Å². The van der Waals surface area contributed by atoms with E-state index in [1.54, 1.807) is 6.92 Å². The standard InChI is InChI=1S/C9H20O2/c1-5-9(4,11)8(10)6-7(2)3/h7-8,10-11H,5-6H2,1-4H3. The third-order valence-corrected chi connectivity index (χ3v) is 2.13. The van der Waals surface area contributed by atoms with Gasteiger partial charge in [0.15, 0.2) is 0 Å². The highest BCUT2D eigenvalue weighted by atomic mass is 16.3. The molecule has 2 unspecified atom stereocenters. The van der Waals surface area contributed by atoms with E-state index >= 15 is 0 Å². The molecule has 0 aromatic rings. The lowest BCUT2D eigenvalue weighted by Crippen LogP contribution is -2.39. The summed E-state index contributed by atoms with van der Waals surface area (Å²) in [6.07, 6.45) is 0.675. The SMILES string of the molecule is CCC(C)(O)C(O)CC(C)C. The van der Waals surface area contributed by atoms with Crippen LogP contribution in [0.1, 0.15) is 40.5 Å². The zero-order valence-corrected chi connectivity index (χ0v) is 7.96. The molecule has 2 nitrogen and oxygen atoms in total. The van der Waals surface area contributed by atoms with Gasteiger partial charge in [-0.3, -0.25) is 0 Å². The Labute approximate surface area is 69.2 Å². The average molecular weight is 160 g/mol. The molecule has 0 aliphatic carbocycles. The molecule has 0 fully saturated rings. The van der Waals surface area contributed by atoms with Crippen LogP contribution in [0.25, 0.3) is 0 Å². The van der Waals surface area contributed by atoms with Gasteiger partial charge in [-0.05, 0) is 25.7 Å². The molecule has 68 valence electrons. The highest BCUT2D eigenvalue weighted by Crippen LogP contribution is 2.19. The summed E-state index contributed by atoms with van der Waals surface area (Å²) in [5.74, 6) is 0.433. The molecule has 0 saturated carbocycles. The van der Waals surface area contributed by atoms with E-state index < -0.39 is 11.7 Å². The first-order valence-corrected chi connectivity index (χ1v) is 4.30. The van der Waals surface area contributed by atoms with Crippen molar-refractivity contribution < 1.29 is 10.2 Å². The van der Waals surface area contributed by atoms with Crippen molar-refractivity contribution in [1.82, 2.24) is 0 Å². The molecular formula is C9H20O2. The Morgan fingerprint density at radius 3 is 2.09 bits per heavy atom. The number of hydrogen-bond donors (Lipinski definition) is 2. The van der Waals surface area contributed by atoms with Crippen LogP contribution >= 0.6 is 0 Å². The number of aliphatic hydroxyl groups excluding tert-OH is 1. The van der Waals surface area contributed by atoms with Crippen molar-refractivity contribution in [3.63, 3.8) is 0 Å². The average Bonchev–Trinajstić information content (AvgIpc) is 1.86. The molecule has 2 heteroatoms. The fourth-order valence-corrected chi connectivity index (χ4v) is 0.936. The van der Waals surface area contributed by atoms with Crippen LogP contribution in [0.15, 0.2) is 0 Å². The summed E-state index contributed by atoms with van der Waals surface area (Å²) in [5.41, 5.74) is -0.912. The summed E-state index contributed by atoms with van der Waals surface area (Å²) in [6, 6.07) is 0. The summed E-state index contributed by atoms with van der Waals surface area (Å²) >= 11 is 0.